The Labute approximate surface area is 151 Å². The molecule has 10 heteroatoms. The van der Waals surface area contributed by atoms with Crippen LogP contribution in [-0.2, 0) is 26.0 Å². The minimum atomic E-state index is -3.59. The van der Waals surface area contributed by atoms with Gasteiger partial charge in [-0.05, 0) is 24.5 Å². The van der Waals surface area contributed by atoms with Gasteiger partial charge in [0.2, 0.25) is 21.8 Å². The molecule has 0 spiro atoms. The van der Waals surface area contributed by atoms with Crippen molar-refractivity contribution in [1.29, 1.82) is 0 Å². The normalized spacial score (nSPS) is 26.0. The molecule has 0 saturated carbocycles. The average molecular weight is 384 g/mol. The second-order valence-electron chi connectivity index (χ2n) is 6.73. The number of halogens is 1. The summed E-state index contributed by atoms with van der Waals surface area (Å²) in [6.07, 6.45) is 2.55. The number of rotatable bonds is 4. The molecule has 2 fully saturated rings. The number of sulfonamides is 1. The molecular weight excluding hydrogens is 363 g/mol. The molecule has 2 saturated heterocycles. The first kappa shape index (κ1) is 18.7. The molecule has 0 radical (unpaired) electrons. The highest BCUT2D eigenvalue weighted by Crippen LogP contribution is 2.37. The summed E-state index contributed by atoms with van der Waals surface area (Å²) < 4.78 is 38.6. The van der Waals surface area contributed by atoms with E-state index in [1.807, 2.05) is 0 Å². The Hall–Kier alpha value is -2.07. The van der Waals surface area contributed by atoms with Crippen molar-refractivity contribution in [3.05, 3.63) is 29.8 Å². The number of carbonyl (C=O) groups excluding carboxylic acids is 2. The molecule has 2 amide bonds. The predicted octanol–water partition coefficient (Wildman–Crippen LogP) is -0.630. The van der Waals surface area contributed by atoms with Gasteiger partial charge in [-0.15, -0.1) is 0 Å². The number of hydrogen-bond donors (Lipinski definition) is 1. The van der Waals surface area contributed by atoms with Gasteiger partial charge in [0.15, 0.2) is 0 Å². The van der Waals surface area contributed by atoms with E-state index in [0.29, 0.717) is 18.7 Å². The van der Waals surface area contributed by atoms with Crippen molar-refractivity contribution in [3.63, 3.8) is 0 Å². The molecule has 2 aliphatic rings. The highest BCUT2D eigenvalue weighted by molar-refractivity contribution is 7.88. The van der Waals surface area contributed by atoms with Crippen LogP contribution >= 0.6 is 0 Å². The smallest absolute Gasteiger partial charge is 0.238 e. The van der Waals surface area contributed by atoms with Crippen LogP contribution in [0.5, 0.6) is 0 Å². The van der Waals surface area contributed by atoms with Crippen molar-refractivity contribution in [3.8, 4) is 0 Å². The summed E-state index contributed by atoms with van der Waals surface area (Å²) in [7, 11) is -2.12. The first-order valence-electron chi connectivity index (χ1n) is 8.29. The van der Waals surface area contributed by atoms with E-state index in [2.05, 4.69) is 10.3 Å². The van der Waals surface area contributed by atoms with Crippen molar-refractivity contribution in [1.82, 2.24) is 19.5 Å². The number of hydrogen-bond acceptors (Lipinski definition) is 5. The van der Waals surface area contributed by atoms with E-state index in [1.165, 1.54) is 23.5 Å². The van der Waals surface area contributed by atoms with Crippen LogP contribution in [0.3, 0.4) is 0 Å². The lowest BCUT2D eigenvalue weighted by molar-refractivity contribution is -0.129. The fourth-order valence-electron chi connectivity index (χ4n) is 3.84. The maximum absolute atomic E-state index is 12.9. The monoisotopic (exact) mass is 384 g/mol. The fraction of sp³-hybridized carbons (Fsp3) is 0.562. The van der Waals surface area contributed by atoms with Crippen LogP contribution in [0.25, 0.3) is 0 Å². The van der Waals surface area contributed by atoms with Gasteiger partial charge >= 0.3 is 0 Å². The number of carbonyl (C=O) groups is 2. The van der Waals surface area contributed by atoms with Crippen LogP contribution in [0.4, 0.5) is 4.39 Å². The molecule has 0 unspecified atom stereocenters. The van der Waals surface area contributed by atoms with Crippen molar-refractivity contribution >= 4 is 21.8 Å². The van der Waals surface area contributed by atoms with Crippen LogP contribution in [0, 0.1) is 11.7 Å². The van der Waals surface area contributed by atoms with Gasteiger partial charge in [0.25, 0.3) is 0 Å². The lowest BCUT2D eigenvalue weighted by Gasteiger charge is -2.27. The molecule has 3 rings (SSSR count). The summed E-state index contributed by atoms with van der Waals surface area (Å²) in [5, 5.41) is 2.50. The van der Waals surface area contributed by atoms with E-state index < -0.39 is 27.9 Å². The molecular formula is C16H21FN4O4S. The summed E-state index contributed by atoms with van der Waals surface area (Å²) >= 11 is 0. The second kappa shape index (κ2) is 6.92. The van der Waals surface area contributed by atoms with Crippen LogP contribution in [0.1, 0.15) is 12.1 Å². The zero-order chi connectivity index (χ0) is 19.1. The third-order valence-electron chi connectivity index (χ3n) is 4.97. The molecule has 26 heavy (non-hydrogen) atoms. The number of likely N-dealkylation sites (tertiary alicyclic amines) is 1. The Bertz CT molecular complexity index is 814. The topological polar surface area (TPSA) is 99.7 Å². The third kappa shape index (κ3) is 3.56. The minimum Gasteiger partial charge on any atom is -0.358 e. The molecule has 2 aliphatic heterocycles. The zero-order valence-corrected chi connectivity index (χ0v) is 15.4. The second-order valence-corrected chi connectivity index (χ2v) is 8.62. The van der Waals surface area contributed by atoms with E-state index in [-0.39, 0.29) is 30.7 Å². The summed E-state index contributed by atoms with van der Waals surface area (Å²) in [5.74, 6) is -1.08. The van der Waals surface area contributed by atoms with Crippen molar-refractivity contribution in [2.24, 2.45) is 5.92 Å². The number of amides is 2. The summed E-state index contributed by atoms with van der Waals surface area (Å²) in [5.41, 5.74) is 0.455. The Morgan fingerprint density at radius 3 is 2.65 bits per heavy atom. The predicted molar refractivity (Wildman–Crippen MR) is 90.9 cm³/mol. The van der Waals surface area contributed by atoms with Crippen molar-refractivity contribution in [2.45, 2.75) is 24.9 Å². The van der Waals surface area contributed by atoms with Crippen molar-refractivity contribution in [2.75, 3.05) is 26.4 Å². The molecule has 1 N–H and O–H groups in total. The van der Waals surface area contributed by atoms with Gasteiger partial charge in [-0.25, -0.2) is 12.8 Å². The van der Waals surface area contributed by atoms with Gasteiger partial charge in [0.05, 0.1) is 18.9 Å². The van der Waals surface area contributed by atoms with E-state index >= 15 is 0 Å². The SMILES string of the molecule is CNC(=O)[C@@H]1C[C@H]2CN(C(=O)Cc3ccc(F)cn3)C[C@H]2N1S(C)(=O)=O. The first-order valence-corrected chi connectivity index (χ1v) is 10.1. The van der Waals surface area contributed by atoms with Gasteiger partial charge in [0, 0.05) is 31.9 Å². The van der Waals surface area contributed by atoms with Gasteiger partial charge in [-0.3, -0.25) is 14.6 Å². The minimum absolute atomic E-state index is 0.0253. The lowest BCUT2D eigenvalue weighted by atomic mass is 10.0. The van der Waals surface area contributed by atoms with Crippen LogP contribution in [-0.4, -0.2) is 72.9 Å². The molecule has 0 bridgehead atoms. The number of fused-ring (bicyclic) bond motifs is 1. The average Bonchev–Trinajstić information content (AvgIpc) is 3.12. The van der Waals surface area contributed by atoms with E-state index in [1.54, 1.807) is 4.90 Å². The maximum Gasteiger partial charge on any atom is 0.238 e. The molecule has 3 heterocycles. The number of pyridine rings is 1. The highest BCUT2D eigenvalue weighted by atomic mass is 32.2. The van der Waals surface area contributed by atoms with Gasteiger partial charge in [-0.2, -0.15) is 4.31 Å². The zero-order valence-electron chi connectivity index (χ0n) is 14.6. The molecule has 142 valence electrons. The Morgan fingerprint density at radius 2 is 2.08 bits per heavy atom. The third-order valence-corrected chi connectivity index (χ3v) is 6.26. The molecule has 1 aromatic rings. The fourth-order valence-corrected chi connectivity index (χ4v) is 5.22. The standard InChI is InChI=1S/C16H21FN4O4S/c1-18-16(23)13-5-10-8-20(9-14(10)21(13)26(2,24)25)15(22)6-12-4-3-11(17)7-19-12/h3-4,7,10,13-14H,5-6,8-9H2,1-2H3,(H,18,23)/t10-,13-,14+/m0/s1. The van der Waals surface area contributed by atoms with E-state index in [4.69, 9.17) is 0 Å². The Kier molecular flexibility index (Phi) is 4.98. The van der Waals surface area contributed by atoms with E-state index in [0.717, 1.165) is 12.5 Å². The summed E-state index contributed by atoms with van der Waals surface area (Å²) in [6.45, 7) is 0.634. The molecule has 1 aromatic heterocycles. The Morgan fingerprint density at radius 1 is 1.35 bits per heavy atom. The number of nitrogens with one attached hydrogen (secondary N) is 1. The van der Waals surface area contributed by atoms with Gasteiger partial charge in [-0.1, -0.05) is 0 Å². The molecule has 3 atom stereocenters. The van der Waals surface area contributed by atoms with Gasteiger partial charge < -0.3 is 10.2 Å². The summed E-state index contributed by atoms with van der Waals surface area (Å²) in [4.78, 5) is 30.0. The molecule has 0 aliphatic carbocycles. The molecule has 0 aromatic carbocycles. The highest BCUT2D eigenvalue weighted by Gasteiger charge is 2.53. The number of likely N-dealkylation sites (N-methyl/N-ethyl adjacent to an activating group) is 1. The lowest BCUT2D eigenvalue weighted by Crippen LogP contribution is -2.49. The number of nitrogens with zero attached hydrogens (tertiary/aromatic N) is 3. The van der Waals surface area contributed by atoms with Crippen molar-refractivity contribution < 1.29 is 22.4 Å². The molecule has 8 nitrogen and oxygen atoms in total. The van der Waals surface area contributed by atoms with Crippen LogP contribution < -0.4 is 5.32 Å². The first-order chi connectivity index (χ1) is 12.2. The maximum atomic E-state index is 12.9. The summed E-state index contributed by atoms with van der Waals surface area (Å²) in [6, 6.07) is 1.56. The van der Waals surface area contributed by atoms with Crippen LogP contribution in [0.15, 0.2) is 18.3 Å². The number of aromatic nitrogens is 1. The quantitative estimate of drug-likeness (QED) is 0.745. The van der Waals surface area contributed by atoms with Crippen LogP contribution in [0.2, 0.25) is 0 Å². The largest absolute Gasteiger partial charge is 0.358 e. The van der Waals surface area contributed by atoms with Gasteiger partial charge in [0.1, 0.15) is 11.9 Å². The Balaban J connectivity index is 1.72. The van der Waals surface area contributed by atoms with E-state index in [9.17, 15) is 22.4 Å².